The highest BCUT2D eigenvalue weighted by Crippen LogP contribution is 2.27. The van der Waals surface area contributed by atoms with E-state index >= 15 is 0 Å². The molecule has 0 aliphatic rings. The minimum Gasteiger partial charge on any atom is -0.495 e. The van der Waals surface area contributed by atoms with Gasteiger partial charge in [0.05, 0.1) is 19.8 Å². The summed E-state index contributed by atoms with van der Waals surface area (Å²) in [5.41, 5.74) is 1.09. The van der Waals surface area contributed by atoms with Gasteiger partial charge in [-0.25, -0.2) is 0 Å². The number of carbonyl (C=O) groups excluding carboxylic acids is 2. The second-order valence-electron chi connectivity index (χ2n) is 6.33. The third-order valence-corrected chi connectivity index (χ3v) is 4.12. The van der Waals surface area contributed by atoms with Crippen molar-refractivity contribution in [2.75, 3.05) is 44.5 Å². The summed E-state index contributed by atoms with van der Waals surface area (Å²) in [6.45, 7) is 2.81. The summed E-state index contributed by atoms with van der Waals surface area (Å²) in [6, 6.07) is 12.2. The maximum atomic E-state index is 12.4. The van der Waals surface area contributed by atoms with Crippen LogP contribution >= 0.6 is 11.6 Å². The van der Waals surface area contributed by atoms with E-state index in [9.17, 15) is 9.59 Å². The van der Waals surface area contributed by atoms with Gasteiger partial charge in [0.15, 0.2) is 6.54 Å². The van der Waals surface area contributed by atoms with Crippen molar-refractivity contribution < 1.29 is 24.0 Å². The molecule has 7 nitrogen and oxygen atoms in total. The first-order valence-corrected chi connectivity index (χ1v) is 9.20. The molecule has 1 unspecified atom stereocenters. The molecule has 0 saturated carbocycles. The number of nitrogens with one attached hydrogen (secondary N) is 3. The Kier molecular flexibility index (Phi) is 8.10. The van der Waals surface area contributed by atoms with Gasteiger partial charge in [-0.15, -0.1) is 0 Å². The molecule has 2 aromatic carbocycles. The van der Waals surface area contributed by atoms with E-state index in [2.05, 4.69) is 10.6 Å². The molecule has 0 aromatic heterocycles. The Hall–Kier alpha value is -2.77. The van der Waals surface area contributed by atoms with Crippen LogP contribution in [0.3, 0.4) is 0 Å². The normalized spacial score (nSPS) is 11.4. The van der Waals surface area contributed by atoms with Gasteiger partial charge in [0, 0.05) is 17.6 Å². The molecule has 0 bridgehead atoms. The molecular weight excluding hydrogens is 382 g/mol. The monoisotopic (exact) mass is 406 g/mol. The Balaban J connectivity index is 1.84. The van der Waals surface area contributed by atoms with Crippen molar-refractivity contribution >= 4 is 34.8 Å². The van der Waals surface area contributed by atoms with Gasteiger partial charge in [-0.05, 0) is 42.5 Å². The first-order valence-electron chi connectivity index (χ1n) is 8.82. The van der Waals surface area contributed by atoms with Crippen LogP contribution in [0.5, 0.6) is 11.5 Å². The van der Waals surface area contributed by atoms with E-state index in [1.165, 1.54) is 14.0 Å². The molecule has 8 heteroatoms. The predicted octanol–water partition coefficient (Wildman–Crippen LogP) is 1.84. The molecule has 0 aliphatic carbocycles. The lowest BCUT2D eigenvalue weighted by molar-refractivity contribution is -0.871. The Morgan fingerprint density at radius 3 is 2.46 bits per heavy atom. The summed E-state index contributed by atoms with van der Waals surface area (Å²) in [5, 5.41) is 6.17. The van der Waals surface area contributed by atoms with Crippen LogP contribution in [-0.4, -0.2) is 45.7 Å². The standard InChI is InChI=1S/C20H24ClN3O4/c1-14(25)22-16-6-9-19(27-3)18(12-16)23-20(26)13-24(2)10-11-28-17-7-4-15(21)5-8-17/h4-9,12H,10-11,13H2,1-3H3,(H,22,25)(H,23,26)/p+1. The fourth-order valence-corrected chi connectivity index (χ4v) is 2.64. The lowest BCUT2D eigenvalue weighted by atomic mass is 10.2. The molecule has 28 heavy (non-hydrogen) atoms. The van der Waals surface area contributed by atoms with Crippen LogP contribution in [0, 0.1) is 0 Å². The number of ether oxygens (including phenoxy) is 2. The van der Waals surface area contributed by atoms with E-state index in [1.807, 2.05) is 7.05 Å². The van der Waals surface area contributed by atoms with E-state index < -0.39 is 0 Å². The molecule has 2 rings (SSSR count). The molecule has 0 heterocycles. The first kappa shape index (κ1) is 21.5. The van der Waals surface area contributed by atoms with Crippen molar-refractivity contribution in [2.45, 2.75) is 6.92 Å². The number of amides is 2. The molecule has 1 atom stereocenters. The number of methoxy groups -OCH3 is 1. The summed E-state index contributed by atoms with van der Waals surface area (Å²) < 4.78 is 10.9. The van der Waals surface area contributed by atoms with Crippen LogP contribution in [0.4, 0.5) is 11.4 Å². The molecule has 2 aromatic rings. The summed E-state index contributed by atoms with van der Waals surface area (Å²) in [5.74, 6) is 0.905. The van der Waals surface area contributed by atoms with Gasteiger partial charge >= 0.3 is 0 Å². The third-order valence-electron chi connectivity index (χ3n) is 3.87. The highest BCUT2D eigenvalue weighted by Gasteiger charge is 2.13. The molecule has 0 saturated heterocycles. The summed E-state index contributed by atoms with van der Waals surface area (Å²) in [6.07, 6.45) is 0. The topological polar surface area (TPSA) is 81.1 Å². The molecule has 3 N–H and O–H groups in total. The summed E-state index contributed by atoms with van der Waals surface area (Å²) in [4.78, 5) is 24.6. The predicted molar refractivity (Wildman–Crippen MR) is 109 cm³/mol. The number of halogens is 1. The van der Waals surface area contributed by atoms with Crippen molar-refractivity contribution in [3.05, 3.63) is 47.5 Å². The molecule has 2 amide bonds. The summed E-state index contributed by atoms with van der Waals surface area (Å²) in [7, 11) is 3.43. The van der Waals surface area contributed by atoms with Gasteiger partial charge in [-0.3, -0.25) is 9.59 Å². The zero-order valence-corrected chi connectivity index (χ0v) is 16.9. The number of anilines is 2. The van der Waals surface area contributed by atoms with Gasteiger partial charge < -0.3 is 25.0 Å². The van der Waals surface area contributed by atoms with E-state index in [1.54, 1.807) is 42.5 Å². The number of quaternary nitrogens is 1. The Bertz CT molecular complexity index is 812. The van der Waals surface area contributed by atoms with E-state index in [4.69, 9.17) is 21.1 Å². The second-order valence-corrected chi connectivity index (χ2v) is 6.77. The van der Waals surface area contributed by atoms with Gasteiger partial charge in [0.25, 0.3) is 5.91 Å². The Morgan fingerprint density at radius 1 is 1.11 bits per heavy atom. The minimum atomic E-state index is -0.188. The van der Waals surface area contributed by atoms with Gasteiger partial charge in [-0.1, -0.05) is 11.6 Å². The number of carbonyl (C=O) groups is 2. The van der Waals surface area contributed by atoms with Crippen molar-refractivity contribution in [3.8, 4) is 11.5 Å². The average molecular weight is 407 g/mol. The molecule has 150 valence electrons. The average Bonchev–Trinajstić information content (AvgIpc) is 2.63. The van der Waals surface area contributed by atoms with E-state index in [-0.39, 0.29) is 18.4 Å². The SMILES string of the molecule is COc1ccc(NC(C)=O)cc1NC(=O)C[NH+](C)CCOc1ccc(Cl)cc1. The van der Waals surface area contributed by atoms with Crippen LogP contribution in [-0.2, 0) is 9.59 Å². The number of benzene rings is 2. The smallest absolute Gasteiger partial charge is 0.279 e. The fourth-order valence-electron chi connectivity index (χ4n) is 2.52. The largest absolute Gasteiger partial charge is 0.495 e. The number of hydrogen-bond donors (Lipinski definition) is 3. The van der Waals surface area contributed by atoms with Crippen LogP contribution < -0.4 is 25.0 Å². The van der Waals surface area contributed by atoms with Crippen LogP contribution in [0.25, 0.3) is 0 Å². The lowest BCUT2D eigenvalue weighted by Crippen LogP contribution is -3.10. The highest BCUT2D eigenvalue weighted by atomic mass is 35.5. The first-order chi connectivity index (χ1) is 13.4. The quantitative estimate of drug-likeness (QED) is 0.593. The second kappa shape index (κ2) is 10.5. The molecule has 0 spiro atoms. The van der Waals surface area contributed by atoms with Crippen molar-refractivity contribution in [3.63, 3.8) is 0 Å². The third kappa shape index (κ3) is 7.09. The lowest BCUT2D eigenvalue weighted by Gasteiger charge is -2.16. The Morgan fingerprint density at radius 2 is 1.82 bits per heavy atom. The summed E-state index contributed by atoms with van der Waals surface area (Å²) >= 11 is 5.84. The maximum absolute atomic E-state index is 12.4. The van der Waals surface area contributed by atoms with Crippen LogP contribution in [0.2, 0.25) is 5.02 Å². The molecule has 0 fully saturated rings. The Labute approximate surface area is 169 Å². The van der Waals surface area contributed by atoms with Gasteiger partial charge in [0.1, 0.15) is 24.7 Å². The van der Waals surface area contributed by atoms with E-state index in [0.29, 0.717) is 35.3 Å². The van der Waals surface area contributed by atoms with Gasteiger partial charge in [-0.2, -0.15) is 0 Å². The van der Waals surface area contributed by atoms with E-state index in [0.717, 1.165) is 10.6 Å². The van der Waals surface area contributed by atoms with Crippen molar-refractivity contribution in [1.82, 2.24) is 0 Å². The maximum Gasteiger partial charge on any atom is 0.279 e. The number of rotatable bonds is 9. The highest BCUT2D eigenvalue weighted by molar-refractivity contribution is 6.30. The number of hydrogen-bond acceptors (Lipinski definition) is 4. The van der Waals surface area contributed by atoms with Crippen LogP contribution in [0.15, 0.2) is 42.5 Å². The van der Waals surface area contributed by atoms with Crippen molar-refractivity contribution in [1.29, 1.82) is 0 Å². The van der Waals surface area contributed by atoms with Crippen LogP contribution in [0.1, 0.15) is 6.92 Å². The minimum absolute atomic E-state index is 0.165. The molecule has 0 aliphatic heterocycles. The van der Waals surface area contributed by atoms with Gasteiger partial charge in [0.2, 0.25) is 5.91 Å². The number of likely N-dealkylation sites (N-methyl/N-ethyl adjacent to an activating group) is 1. The molecular formula is C20H25ClN3O4+. The molecule has 0 radical (unpaired) electrons. The van der Waals surface area contributed by atoms with Crippen molar-refractivity contribution in [2.24, 2.45) is 0 Å². The zero-order valence-electron chi connectivity index (χ0n) is 16.2. The zero-order chi connectivity index (χ0) is 20.5. The fraction of sp³-hybridized carbons (Fsp3) is 0.300.